The largest absolute Gasteiger partial charge is 0.367 e. The third-order valence-electron chi connectivity index (χ3n) is 3.33. The molecule has 2 nitrogen and oxygen atoms in total. The van der Waals surface area contributed by atoms with Crippen LogP contribution < -0.4 is 5.32 Å². The number of hydrogen-bond donors (Lipinski definition) is 1. The van der Waals surface area contributed by atoms with Crippen LogP contribution in [0.15, 0.2) is 40.4 Å². The number of aliphatic imine (C=N–C) groups is 1. The van der Waals surface area contributed by atoms with E-state index < -0.39 is 0 Å². The summed E-state index contributed by atoms with van der Waals surface area (Å²) < 4.78 is 14.2. The van der Waals surface area contributed by atoms with Crippen LogP contribution in [0.2, 0.25) is 0 Å². The Morgan fingerprint density at radius 3 is 3.06 bits per heavy atom. The molecule has 1 aromatic carbocycles. The van der Waals surface area contributed by atoms with Crippen LogP contribution in [0.5, 0.6) is 0 Å². The van der Waals surface area contributed by atoms with Crippen molar-refractivity contribution in [1.82, 2.24) is 5.32 Å². The van der Waals surface area contributed by atoms with Crippen molar-refractivity contribution in [1.29, 1.82) is 0 Å². The molecular formula is C14H12ClFN2. The van der Waals surface area contributed by atoms with E-state index in [0.717, 1.165) is 5.57 Å². The average molecular weight is 263 g/mol. The third-order valence-corrected chi connectivity index (χ3v) is 3.66. The van der Waals surface area contributed by atoms with Gasteiger partial charge >= 0.3 is 0 Å². The Kier molecular flexibility index (Phi) is 2.71. The monoisotopic (exact) mass is 262 g/mol. The molecule has 1 aliphatic heterocycles. The van der Waals surface area contributed by atoms with Crippen LogP contribution in [0, 0.1) is 12.7 Å². The fourth-order valence-electron chi connectivity index (χ4n) is 2.38. The van der Waals surface area contributed by atoms with Gasteiger partial charge in [0.25, 0.3) is 0 Å². The van der Waals surface area contributed by atoms with Crippen molar-refractivity contribution in [3.63, 3.8) is 0 Å². The van der Waals surface area contributed by atoms with E-state index in [1.165, 1.54) is 0 Å². The highest BCUT2D eigenvalue weighted by Gasteiger charge is 2.32. The second kappa shape index (κ2) is 4.25. The maximum absolute atomic E-state index is 14.2. The number of halogens is 2. The van der Waals surface area contributed by atoms with Crippen LogP contribution in [-0.2, 0) is 0 Å². The number of allylic oxidation sites excluding steroid dienone is 2. The molecule has 2 unspecified atom stereocenters. The Morgan fingerprint density at radius 2 is 2.22 bits per heavy atom. The van der Waals surface area contributed by atoms with Gasteiger partial charge in [-0.25, -0.2) is 4.39 Å². The lowest BCUT2D eigenvalue weighted by Gasteiger charge is -2.25. The van der Waals surface area contributed by atoms with Gasteiger partial charge in [0.05, 0.1) is 18.4 Å². The van der Waals surface area contributed by atoms with Crippen molar-refractivity contribution in [2.75, 3.05) is 0 Å². The first-order chi connectivity index (χ1) is 8.68. The van der Waals surface area contributed by atoms with Crippen molar-refractivity contribution in [3.05, 3.63) is 52.3 Å². The molecule has 18 heavy (non-hydrogen) atoms. The molecular weight excluding hydrogens is 251 g/mol. The molecule has 4 heteroatoms. The summed E-state index contributed by atoms with van der Waals surface area (Å²) in [7, 11) is 0. The molecule has 0 aromatic heterocycles. The predicted octanol–water partition coefficient (Wildman–Crippen LogP) is 3.02. The lowest BCUT2D eigenvalue weighted by Crippen LogP contribution is -2.34. The summed E-state index contributed by atoms with van der Waals surface area (Å²) in [4.78, 5) is 4.28. The number of aryl methyl sites for hydroxylation is 1. The summed E-state index contributed by atoms with van der Waals surface area (Å²) in [5.74, 6) is -0.214. The van der Waals surface area contributed by atoms with Gasteiger partial charge in [-0.15, -0.1) is 0 Å². The molecule has 0 radical (unpaired) electrons. The second-order valence-electron chi connectivity index (χ2n) is 4.47. The molecule has 0 spiro atoms. The Balaban J connectivity index is 2.15. The molecule has 0 saturated carbocycles. The van der Waals surface area contributed by atoms with Crippen LogP contribution in [0.25, 0.3) is 5.57 Å². The number of rotatable bonds is 1. The molecule has 0 fully saturated rings. The number of nitrogens with one attached hydrogen (secondary N) is 1. The SMILES string of the molecule is Cc1cccc(C2=C(Cl)C=CC3N=CNC23)c1F. The fourth-order valence-corrected chi connectivity index (χ4v) is 2.67. The zero-order chi connectivity index (χ0) is 12.7. The Labute approximate surface area is 110 Å². The summed E-state index contributed by atoms with van der Waals surface area (Å²) in [6.07, 6.45) is 5.38. The van der Waals surface area contributed by atoms with E-state index in [-0.39, 0.29) is 17.9 Å². The minimum atomic E-state index is -0.214. The van der Waals surface area contributed by atoms with Crippen LogP contribution >= 0.6 is 11.6 Å². The molecule has 1 heterocycles. The van der Waals surface area contributed by atoms with E-state index in [0.29, 0.717) is 16.2 Å². The highest BCUT2D eigenvalue weighted by atomic mass is 35.5. The van der Waals surface area contributed by atoms with Crippen LogP contribution in [0.1, 0.15) is 11.1 Å². The first kappa shape index (κ1) is 11.5. The van der Waals surface area contributed by atoms with E-state index in [1.807, 2.05) is 12.1 Å². The van der Waals surface area contributed by atoms with Crippen LogP contribution in [0.3, 0.4) is 0 Å². The highest BCUT2D eigenvalue weighted by Crippen LogP contribution is 2.35. The van der Waals surface area contributed by atoms with Gasteiger partial charge in [0, 0.05) is 16.2 Å². The lowest BCUT2D eigenvalue weighted by molar-refractivity contribution is 0.609. The summed E-state index contributed by atoms with van der Waals surface area (Å²) in [6, 6.07) is 5.29. The van der Waals surface area contributed by atoms with Gasteiger partial charge in [-0.05, 0) is 18.6 Å². The molecule has 2 aliphatic rings. The minimum Gasteiger partial charge on any atom is -0.367 e. The predicted molar refractivity (Wildman–Crippen MR) is 72.3 cm³/mol. The maximum Gasteiger partial charge on any atom is 0.133 e. The molecule has 2 atom stereocenters. The van der Waals surface area contributed by atoms with Crippen molar-refractivity contribution < 1.29 is 4.39 Å². The first-order valence-corrected chi connectivity index (χ1v) is 6.17. The average Bonchev–Trinajstić information content (AvgIpc) is 2.82. The van der Waals surface area contributed by atoms with E-state index in [4.69, 9.17) is 11.6 Å². The number of fused-ring (bicyclic) bond motifs is 1. The van der Waals surface area contributed by atoms with E-state index >= 15 is 0 Å². The van der Waals surface area contributed by atoms with Gasteiger partial charge in [-0.2, -0.15) is 0 Å². The third kappa shape index (κ3) is 1.66. The normalized spacial score (nSPS) is 25.3. The minimum absolute atomic E-state index is 0.00223. The van der Waals surface area contributed by atoms with Crippen molar-refractivity contribution in [2.45, 2.75) is 19.0 Å². The van der Waals surface area contributed by atoms with Gasteiger partial charge < -0.3 is 5.32 Å². The van der Waals surface area contributed by atoms with Crippen molar-refractivity contribution >= 4 is 23.5 Å². The highest BCUT2D eigenvalue weighted by molar-refractivity contribution is 6.34. The quantitative estimate of drug-likeness (QED) is 0.827. The second-order valence-corrected chi connectivity index (χ2v) is 4.88. The fraction of sp³-hybridized carbons (Fsp3) is 0.214. The van der Waals surface area contributed by atoms with Gasteiger partial charge in [0.15, 0.2) is 0 Å². The Morgan fingerprint density at radius 1 is 1.39 bits per heavy atom. The van der Waals surface area contributed by atoms with Crippen LogP contribution in [0.4, 0.5) is 4.39 Å². The zero-order valence-corrected chi connectivity index (χ0v) is 10.6. The summed E-state index contributed by atoms with van der Waals surface area (Å²) >= 11 is 6.24. The van der Waals surface area contributed by atoms with Crippen LogP contribution in [-0.4, -0.2) is 18.4 Å². The summed E-state index contributed by atoms with van der Waals surface area (Å²) in [5, 5.41) is 3.70. The molecule has 0 amide bonds. The zero-order valence-electron chi connectivity index (χ0n) is 9.82. The topological polar surface area (TPSA) is 24.4 Å². The van der Waals surface area contributed by atoms with Crippen molar-refractivity contribution in [2.24, 2.45) is 4.99 Å². The van der Waals surface area contributed by atoms with Gasteiger partial charge in [0.1, 0.15) is 5.82 Å². The smallest absolute Gasteiger partial charge is 0.133 e. The Hall–Kier alpha value is -1.61. The number of hydrogen-bond acceptors (Lipinski definition) is 2. The summed E-state index contributed by atoms with van der Waals surface area (Å²) in [5.41, 5.74) is 1.95. The molecule has 3 rings (SSSR count). The molecule has 1 aliphatic carbocycles. The number of benzene rings is 1. The molecule has 92 valence electrons. The molecule has 0 bridgehead atoms. The van der Waals surface area contributed by atoms with E-state index in [9.17, 15) is 4.39 Å². The van der Waals surface area contributed by atoms with Crippen molar-refractivity contribution in [3.8, 4) is 0 Å². The van der Waals surface area contributed by atoms with E-state index in [1.54, 1.807) is 31.5 Å². The maximum atomic E-state index is 14.2. The first-order valence-electron chi connectivity index (χ1n) is 5.79. The number of nitrogens with zero attached hydrogens (tertiary/aromatic N) is 1. The molecule has 1 aromatic rings. The van der Waals surface area contributed by atoms with Gasteiger partial charge in [0.2, 0.25) is 0 Å². The van der Waals surface area contributed by atoms with Gasteiger partial charge in [-0.1, -0.05) is 35.9 Å². The lowest BCUT2D eigenvalue weighted by atomic mass is 9.89. The van der Waals surface area contributed by atoms with E-state index in [2.05, 4.69) is 10.3 Å². The standard InChI is InChI=1S/C14H12ClFN2/c1-8-3-2-4-9(13(8)16)12-10(15)5-6-11-14(12)18-7-17-11/h2-7,11,14H,1H3,(H,17,18). The van der Waals surface area contributed by atoms with Gasteiger partial charge in [-0.3, -0.25) is 4.99 Å². The summed E-state index contributed by atoms with van der Waals surface area (Å²) in [6.45, 7) is 1.75. The molecule has 0 saturated heterocycles. The molecule has 1 N–H and O–H groups in total. The Bertz CT molecular complexity index is 589.